The lowest BCUT2D eigenvalue weighted by Gasteiger charge is -2.17. The molecule has 0 amide bonds. The van der Waals surface area contributed by atoms with Crippen LogP contribution in [0.25, 0.3) is 11.1 Å². The van der Waals surface area contributed by atoms with Crippen LogP contribution in [-0.2, 0) is 0 Å². The molecule has 0 saturated heterocycles. The number of aryl methyl sites for hydroxylation is 2. The topological polar surface area (TPSA) is 36.9 Å². The maximum absolute atomic E-state index is 5.90. The van der Waals surface area contributed by atoms with Gasteiger partial charge in [-0.05, 0) is 25.0 Å². The van der Waals surface area contributed by atoms with Crippen molar-refractivity contribution in [2.45, 2.75) is 13.8 Å². The fraction of sp³-hybridized carbons (Fsp3) is 0.273. The van der Waals surface area contributed by atoms with Crippen LogP contribution in [0.1, 0.15) is 19.5 Å². The summed E-state index contributed by atoms with van der Waals surface area (Å²) in [5, 5.41) is 0. The SMILES string of the molecule is Cc1sc(C2=C/C=C\C(c3sc(C)c4c3OCCO4)=C/C=C2)c2c1OCCO2. The summed E-state index contributed by atoms with van der Waals surface area (Å²) in [6.07, 6.45) is 12.7. The smallest absolute Gasteiger partial charge is 0.180 e. The molecule has 28 heavy (non-hydrogen) atoms. The minimum absolute atomic E-state index is 0.595. The quantitative estimate of drug-likeness (QED) is 0.647. The lowest BCUT2D eigenvalue weighted by Crippen LogP contribution is -2.15. The summed E-state index contributed by atoms with van der Waals surface area (Å²) in [5.74, 6) is 3.52. The van der Waals surface area contributed by atoms with Gasteiger partial charge in [0, 0.05) is 9.75 Å². The van der Waals surface area contributed by atoms with E-state index in [1.807, 2.05) is 0 Å². The normalized spacial score (nSPS) is 20.6. The third kappa shape index (κ3) is 2.97. The zero-order valence-corrected chi connectivity index (χ0v) is 17.4. The van der Waals surface area contributed by atoms with Gasteiger partial charge in [-0.25, -0.2) is 0 Å². The molecule has 2 aliphatic heterocycles. The van der Waals surface area contributed by atoms with Crippen molar-refractivity contribution in [1.82, 2.24) is 0 Å². The Bertz CT molecular complexity index is 965. The minimum Gasteiger partial charge on any atom is -0.485 e. The van der Waals surface area contributed by atoms with Crippen molar-refractivity contribution >= 4 is 33.8 Å². The van der Waals surface area contributed by atoms with E-state index in [9.17, 15) is 0 Å². The fourth-order valence-electron chi connectivity index (χ4n) is 3.49. The molecule has 0 bridgehead atoms. The average molecular weight is 413 g/mol. The van der Waals surface area contributed by atoms with Crippen molar-refractivity contribution in [2.24, 2.45) is 0 Å². The van der Waals surface area contributed by atoms with E-state index in [-0.39, 0.29) is 0 Å². The molecular formula is C22H20O4S2. The summed E-state index contributed by atoms with van der Waals surface area (Å²) < 4.78 is 23.4. The first-order valence-electron chi connectivity index (χ1n) is 9.28. The van der Waals surface area contributed by atoms with Gasteiger partial charge < -0.3 is 18.9 Å². The van der Waals surface area contributed by atoms with Crippen molar-refractivity contribution in [3.8, 4) is 23.0 Å². The zero-order valence-electron chi connectivity index (χ0n) is 15.7. The Hall–Kier alpha value is -2.44. The summed E-state index contributed by atoms with van der Waals surface area (Å²) >= 11 is 3.43. The third-order valence-electron chi connectivity index (χ3n) is 4.75. The molecule has 0 unspecified atom stereocenters. The molecule has 5 rings (SSSR count). The van der Waals surface area contributed by atoms with Crippen LogP contribution in [0.3, 0.4) is 0 Å². The molecule has 2 aromatic heterocycles. The molecule has 2 aromatic rings. The first kappa shape index (κ1) is 17.6. The largest absolute Gasteiger partial charge is 0.485 e. The molecule has 0 spiro atoms. The van der Waals surface area contributed by atoms with Crippen molar-refractivity contribution < 1.29 is 18.9 Å². The van der Waals surface area contributed by atoms with E-state index in [1.165, 1.54) is 0 Å². The van der Waals surface area contributed by atoms with Crippen molar-refractivity contribution in [3.63, 3.8) is 0 Å². The highest BCUT2D eigenvalue weighted by Gasteiger charge is 2.25. The molecule has 0 atom stereocenters. The Balaban J connectivity index is 1.47. The predicted molar refractivity (Wildman–Crippen MR) is 114 cm³/mol. The van der Waals surface area contributed by atoms with Gasteiger partial charge in [0.15, 0.2) is 23.0 Å². The lowest BCUT2D eigenvalue weighted by atomic mass is 10.1. The van der Waals surface area contributed by atoms with Gasteiger partial charge in [0.1, 0.15) is 26.4 Å². The van der Waals surface area contributed by atoms with Crippen LogP contribution >= 0.6 is 22.7 Å². The molecule has 0 saturated carbocycles. The monoisotopic (exact) mass is 412 g/mol. The van der Waals surface area contributed by atoms with Crippen LogP contribution in [0.2, 0.25) is 0 Å². The number of ether oxygens (including phenoxy) is 4. The summed E-state index contributed by atoms with van der Waals surface area (Å²) in [6.45, 7) is 6.57. The number of fused-ring (bicyclic) bond motifs is 2. The summed E-state index contributed by atoms with van der Waals surface area (Å²) in [5.41, 5.74) is 2.24. The van der Waals surface area contributed by atoms with Crippen LogP contribution < -0.4 is 18.9 Å². The van der Waals surface area contributed by atoms with E-state index in [2.05, 4.69) is 50.3 Å². The van der Waals surface area contributed by atoms with Gasteiger partial charge in [0.05, 0.1) is 9.75 Å². The van der Waals surface area contributed by atoms with Crippen LogP contribution in [-0.4, -0.2) is 26.4 Å². The van der Waals surface area contributed by atoms with Gasteiger partial charge in [-0.3, -0.25) is 0 Å². The standard InChI is InChI=1S/C22H20O4S2/c1-13-17-19(25-11-9-23-17)21(27-13)15-5-3-7-16(8-4-6-15)22-20-18(14(2)28-22)24-10-12-26-20/h3-8H,9-12H2,1-2H3/b5-3-,6-4?,7-3?,8-4?,15-5?,15-6+,16-7?,16-8?. The van der Waals surface area contributed by atoms with Crippen molar-refractivity contribution in [3.05, 3.63) is 56.0 Å². The first-order chi connectivity index (χ1) is 13.7. The Kier molecular flexibility index (Phi) is 4.53. The van der Waals surface area contributed by atoms with Gasteiger partial charge in [0.2, 0.25) is 0 Å². The lowest BCUT2D eigenvalue weighted by molar-refractivity contribution is 0.172. The third-order valence-corrected chi connectivity index (χ3v) is 6.99. The molecule has 6 heteroatoms. The van der Waals surface area contributed by atoms with Crippen LogP contribution in [0.15, 0.2) is 36.5 Å². The second-order valence-corrected chi connectivity index (χ2v) is 9.10. The van der Waals surface area contributed by atoms with Crippen LogP contribution in [0, 0.1) is 13.8 Å². The minimum atomic E-state index is 0.595. The number of hydrogen-bond donors (Lipinski definition) is 0. The molecular weight excluding hydrogens is 392 g/mol. The summed E-state index contributed by atoms with van der Waals surface area (Å²) in [6, 6.07) is 0. The van der Waals surface area contributed by atoms with Crippen molar-refractivity contribution in [2.75, 3.05) is 26.4 Å². The van der Waals surface area contributed by atoms with Gasteiger partial charge in [0.25, 0.3) is 0 Å². The number of thiophene rings is 2. The number of rotatable bonds is 2. The second-order valence-electron chi connectivity index (χ2n) is 6.65. The maximum Gasteiger partial charge on any atom is 0.180 e. The Morgan fingerprint density at radius 2 is 1.00 bits per heavy atom. The molecule has 4 heterocycles. The van der Waals surface area contributed by atoms with E-state index in [1.54, 1.807) is 22.7 Å². The molecule has 3 aliphatic rings. The zero-order chi connectivity index (χ0) is 19.1. The van der Waals surface area contributed by atoms with Crippen LogP contribution in [0.5, 0.6) is 23.0 Å². The van der Waals surface area contributed by atoms with Crippen molar-refractivity contribution in [1.29, 1.82) is 0 Å². The molecule has 1 aliphatic carbocycles. The van der Waals surface area contributed by atoms with Gasteiger partial charge >= 0.3 is 0 Å². The number of hydrogen-bond acceptors (Lipinski definition) is 6. The Morgan fingerprint density at radius 3 is 1.43 bits per heavy atom. The average Bonchev–Trinajstić information content (AvgIpc) is 3.20. The van der Waals surface area contributed by atoms with E-state index in [0.717, 1.165) is 53.7 Å². The Labute approximate surface area is 172 Å². The van der Waals surface area contributed by atoms with E-state index in [0.29, 0.717) is 26.4 Å². The highest BCUT2D eigenvalue weighted by molar-refractivity contribution is 7.14. The molecule has 0 aromatic carbocycles. The van der Waals surface area contributed by atoms with Gasteiger partial charge in [-0.2, -0.15) is 0 Å². The molecule has 0 fully saturated rings. The first-order valence-corrected chi connectivity index (χ1v) is 10.9. The fourth-order valence-corrected chi connectivity index (χ4v) is 5.59. The van der Waals surface area contributed by atoms with E-state index in [4.69, 9.17) is 18.9 Å². The molecule has 144 valence electrons. The van der Waals surface area contributed by atoms with E-state index < -0.39 is 0 Å². The highest BCUT2D eigenvalue weighted by atomic mass is 32.1. The second kappa shape index (κ2) is 7.18. The Morgan fingerprint density at radius 1 is 0.607 bits per heavy atom. The highest BCUT2D eigenvalue weighted by Crippen LogP contribution is 2.48. The molecule has 4 nitrogen and oxygen atoms in total. The molecule has 0 radical (unpaired) electrons. The number of allylic oxidation sites excluding steroid dienone is 8. The van der Waals surface area contributed by atoms with Gasteiger partial charge in [-0.15, -0.1) is 22.7 Å². The summed E-state index contributed by atoms with van der Waals surface area (Å²) in [7, 11) is 0. The predicted octanol–water partition coefficient (Wildman–Crippen LogP) is 5.56. The summed E-state index contributed by atoms with van der Waals surface area (Å²) in [4.78, 5) is 4.54. The van der Waals surface area contributed by atoms with Gasteiger partial charge in [-0.1, -0.05) is 36.5 Å². The van der Waals surface area contributed by atoms with E-state index >= 15 is 0 Å². The maximum atomic E-state index is 5.90. The molecule has 0 N–H and O–H groups in total. The van der Waals surface area contributed by atoms with Crippen LogP contribution in [0.4, 0.5) is 0 Å².